The summed E-state index contributed by atoms with van der Waals surface area (Å²) in [5, 5.41) is 0.934. The van der Waals surface area contributed by atoms with Gasteiger partial charge in [0.25, 0.3) is 0 Å². The Hall–Kier alpha value is -0.790. The van der Waals surface area contributed by atoms with Crippen LogP contribution in [0.1, 0.15) is 47.0 Å². The van der Waals surface area contributed by atoms with Gasteiger partial charge in [-0.15, -0.1) is 12.3 Å². The topological polar surface area (TPSA) is 46.2 Å². The summed E-state index contributed by atoms with van der Waals surface area (Å²) in [5.41, 5.74) is -0.0877. The summed E-state index contributed by atoms with van der Waals surface area (Å²) in [4.78, 5) is 0. The molecule has 0 heterocycles. The Kier molecular flexibility index (Phi) is 6.12. The Morgan fingerprint density at radius 3 is 2.33 bits per heavy atom. The minimum absolute atomic E-state index is 0.0534. The van der Waals surface area contributed by atoms with Crippen molar-refractivity contribution in [2.75, 3.05) is 6.54 Å². The first-order chi connectivity index (χ1) is 8.10. The van der Waals surface area contributed by atoms with Crippen LogP contribution in [0.3, 0.4) is 0 Å². The number of hydrogen-bond acceptors (Lipinski definition) is 2. The maximum atomic E-state index is 11.3. The zero-order valence-electron chi connectivity index (χ0n) is 11.9. The van der Waals surface area contributed by atoms with E-state index >= 15 is 0 Å². The van der Waals surface area contributed by atoms with E-state index in [0.717, 1.165) is 18.2 Å². The Morgan fingerprint density at radius 1 is 1.39 bits per heavy atom. The number of terminal acetylenes is 1. The lowest BCUT2D eigenvalue weighted by molar-refractivity contribution is 0.176. The fourth-order valence-electron chi connectivity index (χ4n) is 2.13. The fraction of sp³-hybridized carbons (Fsp3) is 0.714. The zero-order valence-corrected chi connectivity index (χ0v) is 12.7. The molecule has 0 amide bonds. The van der Waals surface area contributed by atoms with E-state index in [1.54, 1.807) is 0 Å². The largest absolute Gasteiger partial charge is 0.233 e. The second-order valence-corrected chi connectivity index (χ2v) is 7.63. The van der Waals surface area contributed by atoms with Crippen molar-refractivity contribution in [3.63, 3.8) is 0 Å². The van der Waals surface area contributed by atoms with Crippen molar-refractivity contribution >= 4 is 10.0 Å². The van der Waals surface area contributed by atoms with Crippen LogP contribution in [-0.2, 0) is 10.0 Å². The van der Waals surface area contributed by atoms with Gasteiger partial charge in [-0.25, -0.2) is 13.1 Å². The van der Waals surface area contributed by atoms with E-state index in [2.05, 4.69) is 31.1 Å². The van der Waals surface area contributed by atoms with Crippen molar-refractivity contribution in [3.05, 3.63) is 12.0 Å². The molecule has 0 aliphatic heterocycles. The lowest BCUT2D eigenvalue weighted by atomic mass is 9.71. The summed E-state index contributed by atoms with van der Waals surface area (Å²) >= 11 is 0. The van der Waals surface area contributed by atoms with Gasteiger partial charge >= 0.3 is 0 Å². The fourth-order valence-corrected chi connectivity index (χ4v) is 2.84. The van der Waals surface area contributed by atoms with Gasteiger partial charge in [-0.3, -0.25) is 0 Å². The van der Waals surface area contributed by atoms with Gasteiger partial charge in [-0.1, -0.05) is 34.3 Å². The van der Waals surface area contributed by atoms with Crippen molar-refractivity contribution < 1.29 is 8.42 Å². The molecule has 0 spiro atoms. The average Bonchev–Trinajstić information content (AvgIpc) is 2.26. The van der Waals surface area contributed by atoms with Crippen molar-refractivity contribution in [2.24, 2.45) is 10.8 Å². The lowest BCUT2D eigenvalue weighted by Crippen LogP contribution is -2.36. The lowest BCUT2D eigenvalue weighted by Gasteiger charge is -2.36. The Morgan fingerprint density at radius 2 is 1.94 bits per heavy atom. The monoisotopic (exact) mass is 271 g/mol. The summed E-state index contributed by atoms with van der Waals surface area (Å²) in [6.45, 7) is 12.0. The molecule has 1 atom stereocenters. The van der Waals surface area contributed by atoms with E-state index in [9.17, 15) is 8.42 Å². The minimum Gasteiger partial charge on any atom is -0.211 e. The van der Waals surface area contributed by atoms with Crippen LogP contribution in [0.4, 0.5) is 0 Å². The first kappa shape index (κ1) is 17.2. The van der Waals surface area contributed by atoms with E-state index < -0.39 is 10.0 Å². The summed E-state index contributed by atoms with van der Waals surface area (Å²) in [5.74, 6) is 2.71. The number of hydrogen-bond donors (Lipinski definition) is 1. The van der Waals surface area contributed by atoms with Crippen LogP contribution in [0.15, 0.2) is 12.0 Å². The number of nitrogens with one attached hydrogen (secondary N) is 1. The van der Waals surface area contributed by atoms with Gasteiger partial charge in [-0.2, -0.15) is 0 Å². The summed E-state index contributed by atoms with van der Waals surface area (Å²) in [6.07, 6.45) is 7.96. The first-order valence-corrected chi connectivity index (χ1v) is 7.70. The number of rotatable bonds is 8. The SMILES string of the molecule is C#CCC(C)(CC)CC(C)(C)CNS(=O)(=O)C=C. The van der Waals surface area contributed by atoms with Gasteiger partial charge in [-0.05, 0) is 23.7 Å². The number of sulfonamides is 1. The van der Waals surface area contributed by atoms with E-state index in [1.165, 1.54) is 0 Å². The molecule has 1 unspecified atom stereocenters. The molecule has 0 aliphatic carbocycles. The molecule has 0 saturated carbocycles. The van der Waals surface area contributed by atoms with Crippen LogP contribution in [0.25, 0.3) is 0 Å². The molecule has 0 rings (SSSR count). The van der Waals surface area contributed by atoms with Crippen LogP contribution in [0.2, 0.25) is 0 Å². The van der Waals surface area contributed by atoms with Gasteiger partial charge in [0.2, 0.25) is 10.0 Å². The third-order valence-corrected chi connectivity index (χ3v) is 4.24. The average molecular weight is 271 g/mol. The molecule has 18 heavy (non-hydrogen) atoms. The molecular weight excluding hydrogens is 246 g/mol. The van der Waals surface area contributed by atoms with Gasteiger partial charge < -0.3 is 0 Å². The molecule has 0 aliphatic rings. The summed E-state index contributed by atoms with van der Waals surface area (Å²) in [7, 11) is -3.35. The molecule has 104 valence electrons. The Bertz CT molecular complexity index is 418. The van der Waals surface area contributed by atoms with Crippen molar-refractivity contribution in [2.45, 2.75) is 47.0 Å². The molecule has 4 heteroatoms. The quantitative estimate of drug-likeness (QED) is 0.690. The van der Waals surface area contributed by atoms with Gasteiger partial charge in [0.05, 0.1) is 0 Å². The maximum Gasteiger partial charge on any atom is 0.233 e. The standard InChI is InChI=1S/C14H25NO2S/c1-7-10-14(6,8-2)11-13(4,5)12-15-18(16,17)9-3/h1,9,15H,3,8,10-12H2,2,4-6H3. The molecule has 0 bridgehead atoms. The summed E-state index contributed by atoms with van der Waals surface area (Å²) < 4.78 is 25.2. The Labute approximate surface area is 112 Å². The van der Waals surface area contributed by atoms with E-state index in [1.807, 2.05) is 13.8 Å². The van der Waals surface area contributed by atoms with Crippen LogP contribution >= 0.6 is 0 Å². The predicted octanol–water partition coefficient (Wildman–Crippen LogP) is 2.91. The highest BCUT2D eigenvalue weighted by molar-refractivity contribution is 7.92. The molecule has 0 saturated heterocycles. The molecule has 0 fully saturated rings. The van der Waals surface area contributed by atoms with Gasteiger partial charge in [0.15, 0.2) is 0 Å². The molecule has 1 N–H and O–H groups in total. The molecule has 0 aromatic carbocycles. The highest BCUT2D eigenvalue weighted by atomic mass is 32.2. The predicted molar refractivity (Wildman–Crippen MR) is 77.4 cm³/mol. The zero-order chi connectivity index (χ0) is 14.4. The highest BCUT2D eigenvalue weighted by Gasteiger charge is 2.31. The van der Waals surface area contributed by atoms with Crippen molar-refractivity contribution in [1.82, 2.24) is 4.72 Å². The third-order valence-electron chi connectivity index (χ3n) is 3.26. The van der Waals surface area contributed by atoms with Crippen molar-refractivity contribution in [1.29, 1.82) is 0 Å². The summed E-state index contributed by atoms with van der Waals surface area (Å²) in [6, 6.07) is 0. The Balaban J connectivity index is 4.65. The van der Waals surface area contributed by atoms with E-state index in [4.69, 9.17) is 6.42 Å². The second kappa shape index (κ2) is 6.40. The van der Waals surface area contributed by atoms with Crippen LogP contribution < -0.4 is 4.72 Å². The van der Waals surface area contributed by atoms with Gasteiger partial charge in [0, 0.05) is 18.4 Å². The molecular formula is C14H25NO2S. The second-order valence-electron chi connectivity index (χ2n) is 5.92. The first-order valence-electron chi connectivity index (χ1n) is 6.15. The highest BCUT2D eigenvalue weighted by Crippen LogP contribution is 2.38. The van der Waals surface area contributed by atoms with Crippen LogP contribution in [0.5, 0.6) is 0 Å². The molecule has 0 aromatic rings. The third kappa shape index (κ3) is 6.23. The van der Waals surface area contributed by atoms with E-state index in [-0.39, 0.29) is 10.8 Å². The molecule has 3 nitrogen and oxygen atoms in total. The maximum absolute atomic E-state index is 11.3. The molecule has 0 aromatic heterocycles. The van der Waals surface area contributed by atoms with Gasteiger partial charge in [0.1, 0.15) is 0 Å². The van der Waals surface area contributed by atoms with Crippen LogP contribution in [0, 0.1) is 23.2 Å². The van der Waals surface area contributed by atoms with E-state index in [0.29, 0.717) is 13.0 Å². The van der Waals surface area contributed by atoms with Crippen LogP contribution in [-0.4, -0.2) is 15.0 Å². The molecule has 0 radical (unpaired) electrons. The van der Waals surface area contributed by atoms with Crippen molar-refractivity contribution in [3.8, 4) is 12.3 Å². The minimum atomic E-state index is -3.35. The smallest absolute Gasteiger partial charge is 0.211 e. The normalized spacial score (nSPS) is 15.7.